The van der Waals surface area contributed by atoms with Crippen LogP contribution in [0.25, 0.3) is 11.1 Å². The Kier molecular flexibility index (Phi) is 9.73. The number of benzene rings is 2. The summed E-state index contributed by atoms with van der Waals surface area (Å²) in [5, 5.41) is 19.1. The van der Waals surface area contributed by atoms with Gasteiger partial charge in [0.25, 0.3) is 5.91 Å². The molecule has 0 radical (unpaired) electrons. The first kappa shape index (κ1) is 29.7. The van der Waals surface area contributed by atoms with Gasteiger partial charge in [0.15, 0.2) is 5.95 Å². The number of unbranched alkanes of at least 4 members (excludes halogenated alkanes) is 1. The van der Waals surface area contributed by atoms with Crippen molar-refractivity contribution in [3.8, 4) is 11.1 Å². The molecule has 2 atom stereocenters. The van der Waals surface area contributed by atoms with Crippen LogP contribution >= 0.6 is 0 Å². The molecule has 1 aromatic heterocycles. The Bertz CT molecular complexity index is 1470. The van der Waals surface area contributed by atoms with Gasteiger partial charge in [0.2, 0.25) is 10.0 Å². The van der Waals surface area contributed by atoms with E-state index in [0.717, 1.165) is 41.6 Å². The Morgan fingerprint density at radius 3 is 2.54 bits per heavy atom. The van der Waals surface area contributed by atoms with Crippen LogP contribution < -0.4 is 15.4 Å². The molecule has 0 bridgehead atoms. The number of oxime groups is 1. The average molecular weight is 583 g/mol. The first-order valence-electron chi connectivity index (χ1n) is 13.3. The van der Waals surface area contributed by atoms with E-state index in [2.05, 4.69) is 30.5 Å². The van der Waals surface area contributed by atoms with Crippen molar-refractivity contribution in [1.29, 1.82) is 0 Å². The lowest BCUT2D eigenvalue weighted by atomic mass is 9.96. The van der Waals surface area contributed by atoms with Crippen LogP contribution in [0, 0.1) is 13.8 Å². The van der Waals surface area contributed by atoms with Crippen molar-refractivity contribution in [2.75, 3.05) is 18.4 Å². The van der Waals surface area contributed by atoms with Crippen molar-refractivity contribution in [3.63, 3.8) is 0 Å². The number of carboxylic acids is 1. The van der Waals surface area contributed by atoms with E-state index < -0.39 is 34.5 Å². The largest absolute Gasteiger partial charge is 0.480 e. The van der Waals surface area contributed by atoms with Crippen molar-refractivity contribution in [3.05, 3.63) is 66.0 Å². The fourth-order valence-corrected chi connectivity index (χ4v) is 6.01. The number of sulfonamides is 1. The third-order valence-corrected chi connectivity index (χ3v) is 8.13. The normalized spacial score (nSPS) is 15.6. The van der Waals surface area contributed by atoms with Crippen LogP contribution in [-0.4, -0.2) is 66.3 Å². The van der Waals surface area contributed by atoms with Crippen molar-refractivity contribution < 1.29 is 28.0 Å². The number of aromatic nitrogens is 2. The van der Waals surface area contributed by atoms with Gasteiger partial charge in [-0.1, -0.05) is 35.5 Å². The molecule has 12 nitrogen and oxygen atoms in total. The number of aromatic amines is 1. The maximum atomic E-state index is 13.1. The van der Waals surface area contributed by atoms with Crippen molar-refractivity contribution in [2.24, 2.45) is 5.16 Å². The average Bonchev–Trinajstić information content (AvgIpc) is 3.63. The lowest BCUT2D eigenvalue weighted by Gasteiger charge is -2.17. The predicted octanol–water partition coefficient (Wildman–Crippen LogP) is 2.97. The highest BCUT2D eigenvalue weighted by atomic mass is 32.2. The van der Waals surface area contributed by atoms with Gasteiger partial charge in [-0.05, 0) is 67.5 Å². The summed E-state index contributed by atoms with van der Waals surface area (Å²) in [6.45, 7) is 3.88. The zero-order valence-corrected chi connectivity index (χ0v) is 23.7. The number of nitrogens with one attached hydrogen (secondary N) is 4. The molecule has 1 unspecified atom stereocenters. The summed E-state index contributed by atoms with van der Waals surface area (Å²) in [5.41, 5.74) is 3.47. The molecule has 2 heterocycles. The third-order valence-electron chi connectivity index (χ3n) is 6.68. The fraction of sp³-hybridized carbons (Fsp3) is 0.357. The molecule has 1 amide bonds. The number of rotatable bonds is 14. The molecule has 41 heavy (non-hydrogen) atoms. The summed E-state index contributed by atoms with van der Waals surface area (Å²) >= 11 is 0. The molecule has 0 spiro atoms. The molecule has 1 aliphatic rings. The second-order valence-corrected chi connectivity index (χ2v) is 11.6. The highest BCUT2D eigenvalue weighted by Gasteiger charge is 2.30. The van der Waals surface area contributed by atoms with Gasteiger partial charge in [0.1, 0.15) is 17.9 Å². The minimum Gasteiger partial charge on any atom is -0.480 e. The zero-order valence-electron chi connectivity index (χ0n) is 22.9. The Morgan fingerprint density at radius 2 is 1.88 bits per heavy atom. The fourth-order valence-electron chi connectivity index (χ4n) is 4.65. The first-order valence-corrected chi connectivity index (χ1v) is 14.8. The number of carbonyl (C=O) groups is 2. The van der Waals surface area contributed by atoms with E-state index in [1.54, 1.807) is 26.2 Å². The summed E-state index contributed by atoms with van der Waals surface area (Å²) in [6, 6.07) is 11.0. The van der Waals surface area contributed by atoms with Gasteiger partial charge in [-0.2, -0.15) is 4.72 Å². The number of hydrogen-bond donors (Lipinski definition) is 5. The Labute approximate surface area is 238 Å². The van der Waals surface area contributed by atoms with E-state index in [-0.39, 0.29) is 23.1 Å². The number of carboxylic acid groups (broad SMARTS) is 1. The van der Waals surface area contributed by atoms with Crippen LogP contribution in [0.3, 0.4) is 0 Å². The topological polar surface area (TPSA) is 175 Å². The van der Waals surface area contributed by atoms with E-state index >= 15 is 0 Å². The predicted molar refractivity (Wildman–Crippen MR) is 154 cm³/mol. The lowest BCUT2D eigenvalue weighted by Crippen LogP contribution is -2.49. The van der Waals surface area contributed by atoms with Crippen LogP contribution in [0.1, 0.15) is 36.8 Å². The molecule has 3 aromatic rings. The van der Waals surface area contributed by atoms with E-state index in [4.69, 9.17) is 4.84 Å². The molecule has 0 saturated heterocycles. The van der Waals surface area contributed by atoms with Crippen LogP contribution in [0.4, 0.5) is 5.95 Å². The number of aliphatic carboxylic acids is 1. The Balaban J connectivity index is 1.28. The first-order chi connectivity index (χ1) is 19.6. The molecular formula is C28H34N6O6S. The molecule has 13 heteroatoms. The number of imidazole rings is 1. The molecule has 1 aliphatic heterocycles. The molecule has 4 rings (SSSR count). The van der Waals surface area contributed by atoms with Crippen molar-refractivity contribution in [2.45, 2.75) is 56.6 Å². The Hall–Kier alpha value is -4.23. The number of amides is 1. The quantitative estimate of drug-likeness (QED) is 0.180. The smallest absolute Gasteiger partial charge is 0.323 e. The lowest BCUT2D eigenvalue weighted by molar-refractivity contribution is -0.138. The summed E-state index contributed by atoms with van der Waals surface area (Å²) in [5.74, 6) is -1.32. The number of nitrogens with zero attached hydrogens (tertiary/aromatic N) is 2. The van der Waals surface area contributed by atoms with Crippen molar-refractivity contribution >= 4 is 33.6 Å². The maximum absolute atomic E-state index is 13.1. The molecular weight excluding hydrogens is 548 g/mol. The summed E-state index contributed by atoms with van der Waals surface area (Å²) < 4.78 is 28.4. The van der Waals surface area contributed by atoms with Gasteiger partial charge in [-0.3, -0.25) is 9.59 Å². The van der Waals surface area contributed by atoms with Crippen LogP contribution in [-0.2, 0) is 24.4 Å². The minimum absolute atomic E-state index is 0.0551. The number of carbonyl (C=O) groups excluding carboxylic acids is 1. The van der Waals surface area contributed by atoms with Gasteiger partial charge in [-0.15, -0.1) is 0 Å². The minimum atomic E-state index is -4.20. The van der Waals surface area contributed by atoms with Crippen LogP contribution in [0.2, 0.25) is 0 Å². The molecule has 5 N–H and O–H groups in total. The highest BCUT2D eigenvalue weighted by Crippen LogP contribution is 2.29. The van der Waals surface area contributed by atoms with Gasteiger partial charge in [0.05, 0.1) is 4.90 Å². The van der Waals surface area contributed by atoms with Gasteiger partial charge in [-0.25, -0.2) is 13.4 Å². The second-order valence-electron chi connectivity index (χ2n) is 9.85. The van der Waals surface area contributed by atoms with Gasteiger partial charge >= 0.3 is 5.97 Å². The third kappa shape index (κ3) is 7.92. The van der Waals surface area contributed by atoms with Crippen LogP contribution in [0.5, 0.6) is 0 Å². The highest BCUT2D eigenvalue weighted by molar-refractivity contribution is 7.89. The number of H-pyrrole nitrogens is 1. The van der Waals surface area contributed by atoms with E-state index in [9.17, 15) is 23.1 Å². The standard InChI is InChI=1S/C28H34N6O6S/c1-18-14-22(15-19(2)25(18)20-8-4-3-5-9-20)41(38,39)34-24(27(36)37)17-32-26(35)23-16-21(40-33-23)10-6-7-11-29-28-30-12-13-31-28/h3-5,8-9,12-15,21,24,34H,6-7,10-11,16-17H2,1-2H3,(H,32,35)(H,36,37)(H2,29,30,31)/t21?,24-/m0/s1. The van der Waals surface area contributed by atoms with E-state index in [1.165, 1.54) is 12.1 Å². The molecule has 218 valence electrons. The SMILES string of the molecule is Cc1cc(S(=O)(=O)N[C@@H](CNC(=O)C2=NOC(CCCCNc3ncc[nH]3)C2)C(=O)O)cc(C)c1-c1ccccc1. The summed E-state index contributed by atoms with van der Waals surface area (Å²) in [4.78, 5) is 36.8. The van der Waals surface area contributed by atoms with E-state index in [1.807, 2.05) is 30.3 Å². The van der Waals surface area contributed by atoms with Crippen LogP contribution in [0.15, 0.2) is 64.9 Å². The number of anilines is 1. The molecule has 0 saturated carbocycles. The number of hydrogen-bond acceptors (Lipinski definition) is 8. The molecule has 2 aromatic carbocycles. The van der Waals surface area contributed by atoms with Gasteiger partial charge < -0.3 is 25.6 Å². The Morgan fingerprint density at radius 1 is 1.15 bits per heavy atom. The van der Waals surface area contributed by atoms with Crippen molar-refractivity contribution in [1.82, 2.24) is 20.0 Å². The zero-order chi connectivity index (χ0) is 29.4. The monoisotopic (exact) mass is 582 g/mol. The second kappa shape index (κ2) is 13.4. The summed E-state index contributed by atoms with van der Waals surface area (Å²) in [7, 11) is -4.20. The number of aryl methyl sites for hydroxylation is 2. The molecule has 0 aliphatic carbocycles. The molecule has 0 fully saturated rings. The summed E-state index contributed by atoms with van der Waals surface area (Å²) in [6.07, 6.45) is 5.84. The van der Waals surface area contributed by atoms with Gasteiger partial charge in [0, 0.05) is 31.9 Å². The van der Waals surface area contributed by atoms with E-state index in [0.29, 0.717) is 12.4 Å². The maximum Gasteiger partial charge on any atom is 0.323 e.